The Hall–Kier alpha value is -0.590. The van der Waals surface area contributed by atoms with Gasteiger partial charge in [0.1, 0.15) is 0 Å². The third kappa shape index (κ3) is 1.92. The Morgan fingerprint density at radius 3 is 2.62 bits per heavy atom. The van der Waals surface area contributed by atoms with E-state index in [1.54, 1.807) is 13.0 Å². The van der Waals surface area contributed by atoms with Gasteiger partial charge in [0, 0.05) is 0 Å². The van der Waals surface area contributed by atoms with E-state index in [1.807, 2.05) is 6.08 Å². The smallest absolute Gasteiger partial charge is 0.152 e. The van der Waals surface area contributed by atoms with Gasteiger partial charge in [0.15, 0.2) is 5.78 Å². The average Bonchev–Trinajstić information content (AvgIpc) is 2.41. The van der Waals surface area contributed by atoms with E-state index >= 15 is 0 Å². The molecule has 0 spiro atoms. The number of carbonyl (C=O) groups excluding carboxylic acids is 1. The summed E-state index contributed by atoms with van der Waals surface area (Å²) in [6.45, 7) is 1.58. The topological polar surface area (TPSA) is 17.1 Å². The Labute approximate surface area is 49.4 Å². The summed E-state index contributed by atoms with van der Waals surface area (Å²) < 4.78 is 0. The number of hydrogen-bond donors (Lipinski definition) is 0. The van der Waals surface area contributed by atoms with E-state index in [0.29, 0.717) is 0 Å². The van der Waals surface area contributed by atoms with Crippen LogP contribution in [0.1, 0.15) is 19.8 Å². The number of ketones is 1. The van der Waals surface area contributed by atoms with Crippen molar-refractivity contribution in [3.05, 3.63) is 12.2 Å². The molecule has 0 radical (unpaired) electrons. The van der Waals surface area contributed by atoms with Gasteiger partial charge in [-0.05, 0) is 31.8 Å². The van der Waals surface area contributed by atoms with Crippen molar-refractivity contribution in [1.29, 1.82) is 0 Å². The Bertz CT molecular complexity index is 120. The standard InChI is InChI=1S/C7H10O/c1-6(8)2-3-7-4-5-7/h2-3,7H,4-5H2,1H3. The highest BCUT2D eigenvalue weighted by molar-refractivity contribution is 5.87. The average molecular weight is 110 g/mol. The minimum Gasteiger partial charge on any atom is -0.295 e. The molecule has 0 heterocycles. The van der Waals surface area contributed by atoms with E-state index in [9.17, 15) is 4.79 Å². The van der Waals surface area contributed by atoms with Gasteiger partial charge < -0.3 is 0 Å². The molecule has 0 N–H and O–H groups in total. The lowest BCUT2D eigenvalue weighted by atomic mass is 10.3. The van der Waals surface area contributed by atoms with Crippen LogP contribution in [-0.4, -0.2) is 5.78 Å². The molecule has 1 nitrogen and oxygen atoms in total. The monoisotopic (exact) mass is 110 g/mol. The highest BCUT2D eigenvalue weighted by atomic mass is 16.1. The highest BCUT2D eigenvalue weighted by Crippen LogP contribution is 2.29. The molecule has 0 aromatic carbocycles. The van der Waals surface area contributed by atoms with Gasteiger partial charge in [-0.1, -0.05) is 6.08 Å². The molecule has 1 fully saturated rings. The third-order valence-electron chi connectivity index (χ3n) is 1.23. The lowest BCUT2D eigenvalue weighted by Gasteiger charge is -1.76. The van der Waals surface area contributed by atoms with Crippen LogP contribution in [0.5, 0.6) is 0 Å². The summed E-state index contributed by atoms with van der Waals surface area (Å²) >= 11 is 0. The van der Waals surface area contributed by atoms with E-state index < -0.39 is 0 Å². The van der Waals surface area contributed by atoms with Crippen LogP contribution in [0, 0.1) is 5.92 Å². The Morgan fingerprint density at radius 2 is 2.25 bits per heavy atom. The molecule has 44 valence electrons. The minimum atomic E-state index is 0.164. The number of carbonyl (C=O) groups is 1. The lowest BCUT2D eigenvalue weighted by Crippen LogP contribution is -1.79. The zero-order valence-electron chi connectivity index (χ0n) is 5.05. The van der Waals surface area contributed by atoms with Gasteiger partial charge in [-0.25, -0.2) is 0 Å². The van der Waals surface area contributed by atoms with Gasteiger partial charge in [-0.15, -0.1) is 0 Å². The number of hydrogen-bond acceptors (Lipinski definition) is 1. The normalized spacial score (nSPS) is 19.6. The quantitative estimate of drug-likeness (QED) is 0.493. The molecule has 0 atom stereocenters. The molecule has 0 bridgehead atoms. The van der Waals surface area contributed by atoms with E-state index in [2.05, 4.69) is 0 Å². The molecule has 1 rings (SSSR count). The maximum absolute atomic E-state index is 10.3. The summed E-state index contributed by atoms with van der Waals surface area (Å²) in [6, 6.07) is 0. The summed E-state index contributed by atoms with van der Waals surface area (Å²) in [6.07, 6.45) is 6.23. The molecule has 0 amide bonds. The van der Waals surface area contributed by atoms with E-state index in [-0.39, 0.29) is 5.78 Å². The van der Waals surface area contributed by atoms with Crippen LogP contribution in [0.4, 0.5) is 0 Å². The predicted molar refractivity (Wildman–Crippen MR) is 32.5 cm³/mol. The van der Waals surface area contributed by atoms with Crippen LogP contribution in [-0.2, 0) is 4.79 Å². The van der Waals surface area contributed by atoms with Crippen LogP contribution < -0.4 is 0 Å². The summed E-state index contributed by atoms with van der Waals surface area (Å²) in [5, 5.41) is 0. The fraction of sp³-hybridized carbons (Fsp3) is 0.571. The SMILES string of the molecule is CC(=O)C=CC1CC1. The Kier molecular flexibility index (Phi) is 1.47. The van der Waals surface area contributed by atoms with Crippen molar-refractivity contribution in [1.82, 2.24) is 0 Å². The van der Waals surface area contributed by atoms with Gasteiger partial charge in [-0.3, -0.25) is 4.79 Å². The first-order valence-electron chi connectivity index (χ1n) is 2.98. The van der Waals surface area contributed by atoms with Gasteiger partial charge in [-0.2, -0.15) is 0 Å². The van der Waals surface area contributed by atoms with E-state index in [1.165, 1.54) is 12.8 Å². The van der Waals surface area contributed by atoms with Crippen molar-refractivity contribution < 1.29 is 4.79 Å². The van der Waals surface area contributed by atoms with Crippen LogP contribution >= 0.6 is 0 Å². The van der Waals surface area contributed by atoms with Crippen molar-refractivity contribution >= 4 is 5.78 Å². The second kappa shape index (κ2) is 2.12. The predicted octanol–water partition coefficient (Wildman–Crippen LogP) is 1.54. The molecule has 1 heteroatoms. The molecule has 0 unspecified atom stereocenters. The Morgan fingerprint density at radius 1 is 1.62 bits per heavy atom. The van der Waals surface area contributed by atoms with Crippen LogP contribution in [0.25, 0.3) is 0 Å². The molecular weight excluding hydrogens is 100 g/mol. The maximum atomic E-state index is 10.3. The maximum Gasteiger partial charge on any atom is 0.152 e. The van der Waals surface area contributed by atoms with Crippen LogP contribution in [0.15, 0.2) is 12.2 Å². The number of rotatable bonds is 2. The largest absolute Gasteiger partial charge is 0.295 e. The summed E-state index contributed by atoms with van der Waals surface area (Å²) in [5.41, 5.74) is 0. The van der Waals surface area contributed by atoms with Crippen molar-refractivity contribution in [2.24, 2.45) is 5.92 Å². The molecule has 0 aromatic rings. The molecular formula is C7H10O. The van der Waals surface area contributed by atoms with Gasteiger partial charge in [0.2, 0.25) is 0 Å². The summed E-state index contributed by atoms with van der Waals surface area (Å²) in [7, 11) is 0. The third-order valence-corrected chi connectivity index (χ3v) is 1.23. The van der Waals surface area contributed by atoms with E-state index in [0.717, 1.165) is 5.92 Å². The minimum absolute atomic E-state index is 0.164. The first-order valence-corrected chi connectivity index (χ1v) is 2.98. The van der Waals surface area contributed by atoms with Crippen molar-refractivity contribution in [3.8, 4) is 0 Å². The summed E-state index contributed by atoms with van der Waals surface area (Å²) in [4.78, 5) is 10.3. The second-order valence-electron chi connectivity index (χ2n) is 2.31. The Balaban J connectivity index is 2.23. The highest BCUT2D eigenvalue weighted by Gasteiger charge is 2.16. The van der Waals surface area contributed by atoms with E-state index in [4.69, 9.17) is 0 Å². The molecule has 1 saturated carbocycles. The molecule has 0 saturated heterocycles. The lowest BCUT2D eigenvalue weighted by molar-refractivity contribution is -0.112. The summed E-state index contributed by atoms with van der Waals surface area (Å²) in [5.74, 6) is 0.899. The molecule has 8 heavy (non-hydrogen) atoms. The van der Waals surface area contributed by atoms with Crippen molar-refractivity contribution in [2.75, 3.05) is 0 Å². The zero-order chi connectivity index (χ0) is 5.98. The second-order valence-corrected chi connectivity index (χ2v) is 2.31. The fourth-order valence-corrected chi connectivity index (χ4v) is 0.560. The number of allylic oxidation sites excluding steroid dienone is 2. The molecule has 1 aliphatic carbocycles. The van der Waals surface area contributed by atoms with Gasteiger partial charge in [0.25, 0.3) is 0 Å². The van der Waals surface area contributed by atoms with Gasteiger partial charge >= 0.3 is 0 Å². The molecule has 0 aliphatic heterocycles. The first kappa shape index (κ1) is 5.54. The van der Waals surface area contributed by atoms with Crippen LogP contribution in [0.3, 0.4) is 0 Å². The zero-order valence-corrected chi connectivity index (χ0v) is 5.05. The van der Waals surface area contributed by atoms with Crippen LogP contribution in [0.2, 0.25) is 0 Å². The first-order chi connectivity index (χ1) is 3.79. The fourth-order valence-electron chi connectivity index (χ4n) is 0.560. The van der Waals surface area contributed by atoms with Gasteiger partial charge in [0.05, 0.1) is 0 Å². The van der Waals surface area contributed by atoms with Crippen molar-refractivity contribution in [2.45, 2.75) is 19.8 Å². The van der Waals surface area contributed by atoms with Crippen molar-refractivity contribution in [3.63, 3.8) is 0 Å². The molecule has 0 aromatic heterocycles. The molecule has 1 aliphatic rings.